The van der Waals surface area contributed by atoms with Crippen LogP contribution < -0.4 is 0 Å². The molecule has 0 spiro atoms. The number of hydrogen-bond acceptors (Lipinski definition) is 1. The van der Waals surface area contributed by atoms with Crippen molar-refractivity contribution in [2.75, 3.05) is 5.75 Å². The Balaban J connectivity index is 0. The Kier molecular flexibility index (Phi) is 17.8. The standard InChI is InChI=1S/C14H16S.2C2H6/c1-3-8-13(4-2)11-15-12-14-9-6-5-7-10-14;2*1-2/h3-10H,1-2,11-12H2;2*1-2H3/b13-8+;;. The summed E-state index contributed by atoms with van der Waals surface area (Å²) in [5.74, 6) is 2.04. The van der Waals surface area contributed by atoms with E-state index in [-0.39, 0.29) is 0 Å². The molecule has 0 aliphatic carbocycles. The van der Waals surface area contributed by atoms with Gasteiger partial charge in [0.05, 0.1) is 0 Å². The van der Waals surface area contributed by atoms with Crippen LogP contribution in [0.5, 0.6) is 0 Å². The lowest BCUT2D eigenvalue weighted by atomic mass is 10.2. The summed E-state index contributed by atoms with van der Waals surface area (Å²) in [7, 11) is 0. The van der Waals surface area contributed by atoms with E-state index in [1.54, 1.807) is 6.08 Å². The van der Waals surface area contributed by atoms with Gasteiger partial charge in [-0.05, 0) is 11.1 Å². The Bertz CT molecular complexity index is 336. The third-order valence-corrected chi connectivity index (χ3v) is 3.05. The number of hydrogen-bond donors (Lipinski definition) is 0. The van der Waals surface area contributed by atoms with Gasteiger partial charge in [0.25, 0.3) is 0 Å². The minimum absolute atomic E-state index is 0.990. The number of thioether (sulfide) groups is 1. The first-order valence-corrected chi connectivity index (χ1v) is 8.08. The van der Waals surface area contributed by atoms with Crippen LogP contribution in [-0.4, -0.2) is 5.75 Å². The van der Waals surface area contributed by atoms with Crippen molar-refractivity contribution in [1.82, 2.24) is 0 Å². The second-order valence-electron chi connectivity index (χ2n) is 3.16. The van der Waals surface area contributed by atoms with Crippen LogP contribution in [0.3, 0.4) is 0 Å². The van der Waals surface area contributed by atoms with Crippen LogP contribution in [0.4, 0.5) is 0 Å². The highest BCUT2D eigenvalue weighted by Crippen LogP contribution is 2.15. The maximum Gasteiger partial charge on any atom is 0.0187 e. The highest BCUT2D eigenvalue weighted by atomic mass is 32.2. The highest BCUT2D eigenvalue weighted by molar-refractivity contribution is 7.98. The zero-order chi connectivity index (χ0) is 14.9. The van der Waals surface area contributed by atoms with Gasteiger partial charge >= 0.3 is 0 Å². The summed E-state index contributed by atoms with van der Waals surface area (Å²) >= 11 is 1.89. The fourth-order valence-electron chi connectivity index (χ4n) is 1.19. The fraction of sp³-hybridized carbons (Fsp3) is 0.333. The Morgan fingerprint density at radius 3 is 2.11 bits per heavy atom. The second kappa shape index (κ2) is 16.8. The average molecular weight is 276 g/mol. The fourth-order valence-corrected chi connectivity index (χ4v) is 2.17. The van der Waals surface area contributed by atoms with E-state index in [0.29, 0.717) is 0 Å². The third-order valence-electron chi connectivity index (χ3n) is 1.97. The summed E-state index contributed by atoms with van der Waals surface area (Å²) in [6.07, 6.45) is 5.70. The molecule has 1 aromatic carbocycles. The molecule has 0 radical (unpaired) electrons. The Morgan fingerprint density at radius 2 is 1.63 bits per heavy atom. The summed E-state index contributed by atoms with van der Waals surface area (Å²) in [6.45, 7) is 15.5. The Labute approximate surface area is 124 Å². The van der Waals surface area contributed by atoms with Gasteiger partial charge in [0.2, 0.25) is 0 Å². The van der Waals surface area contributed by atoms with Crippen LogP contribution in [-0.2, 0) is 5.75 Å². The van der Waals surface area contributed by atoms with Crippen molar-refractivity contribution in [3.63, 3.8) is 0 Å². The minimum atomic E-state index is 0.990. The molecule has 19 heavy (non-hydrogen) atoms. The smallest absolute Gasteiger partial charge is 0.0187 e. The molecule has 0 atom stereocenters. The van der Waals surface area contributed by atoms with E-state index >= 15 is 0 Å². The molecule has 0 nitrogen and oxygen atoms in total. The molecule has 1 heteroatoms. The van der Waals surface area contributed by atoms with Crippen molar-refractivity contribution in [3.8, 4) is 0 Å². The zero-order valence-corrected chi connectivity index (χ0v) is 13.7. The summed E-state index contributed by atoms with van der Waals surface area (Å²) in [4.78, 5) is 0. The van der Waals surface area contributed by atoms with E-state index in [1.807, 2.05) is 57.7 Å². The molecule has 0 aliphatic heterocycles. The van der Waals surface area contributed by atoms with Gasteiger partial charge in [-0.3, -0.25) is 0 Å². The van der Waals surface area contributed by atoms with Crippen molar-refractivity contribution in [3.05, 3.63) is 72.9 Å². The lowest BCUT2D eigenvalue weighted by Crippen LogP contribution is -1.85. The Hall–Kier alpha value is -1.21. The predicted molar refractivity (Wildman–Crippen MR) is 93.8 cm³/mol. The summed E-state index contributed by atoms with van der Waals surface area (Å²) in [6, 6.07) is 10.5. The van der Waals surface area contributed by atoms with Gasteiger partial charge in [-0.15, -0.1) is 0 Å². The first kappa shape index (κ1) is 20.1. The molecule has 0 unspecified atom stereocenters. The predicted octanol–water partition coefficient (Wildman–Crippen LogP) is 6.27. The second-order valence-corrected chi connectivity index (χ2v) is 4.15. The highest BCUT2D eigenvalue weighted by Gasteiger charge is 1.94. The Morgan fingerprint density at radius 1 is 1.05 bits per heavy atom. The zero-order valence-electron chi connectivity index (χ0n) is 12.9. The summed E-state index contributed by atoms with van der Waals surface area (Å²) < 4.78 is 0. The van der Waals surface area contributed by atoms with Crippen LogP contribution in [0.1, 0.15) is 33.3 Å². The van der Waals surface area contributed by atoms with Crippen molar-refractivity contribution in [1.29, 1.82) is 0 Å². The summed E-state index contributed by atoms with van der Waals surface area (Å²) in [5.41, 5.74) is 2.59. The van der Waals surface area contributed by atoms with Gasteiger partial charge in [0.1, 0.15) is 0 Å². The molecule has 0 fully saturated rings. The van der Waals surface area contributed by atoms with E-state index in [2.05, 4.69) is 37.4 Å². The third kappa shape index (κ3) is 11.6. The van der Waals surface area contributed by atoms with Gasteiger partial charge in [0, 0.05) is 11.5 Å². The molecule has 0 N–H and O–H groups in total. The van der Waals surface area contributed by atoms with E-state index in [0.717, 1.165) is 11.5 Å². The molecule has 0 heterocycles. The lowest BCUT2D eigenvalue weighted by Gasteiger charge is -2.02. The molecule has 106 valence electrons. The maximum atomic E-state index is 3.78. The van der Waals surface area contributed by atoms with Gasteiger partial charge in [0.15, 0.2) is 0 Å². The molecule has 0 amide bonds. The van der Waals surface area contributed by atoms with Crippen LogP contribution >= 0.6 is 11.8 Å². The first-order chi connectivity index (χ1) is 9.36. The SMILES string of the molecule is C=C/C=C(\C=C)CSCc1ccccc1.CC.CC. The maximum absolute atomic E-state index is 3.78. The van der Waals surface area contributed by atoms with E-state index in [9.17, 15) is 0 Å². The monoisotopic (exact) mass is 276 g/mol. The lowest BCUT2D eigenvalue weighted by molar-refractivity contribution is 1.40. The van der Waals surface area contributed by atoms with Gasteiger partial charge < -0.3 is 0 Å². The molecule has 0 saturated carbocycles. The molecule has 0 saturated heterocycles. The van der Waals surface area contributed by atoms with E-state index in [1.165, 1.54) is 11.1 Å². The van der Waals surface area contributed by atoms with Crippen molar-refractivity contribution in [2.45, 2.75) is 33.4 Å². The number of allylic oxidation sites excluding steroid dienone is 3. The molecule has 0 bridgehead atoms. The van der Waals surface area contributed by atoms with Crippen LogP contribution in [0.25, 0.3) is 0 Å². The van der Waals surface area contributed by atoms with Gasteiger partial charge in [-0.2, -0.15) is 11.8 Å². The topological polar surface area (TPSA) is 0 Å². The van der Waals surface area contributed by atoms with Gasteiger partial charge in [-0.1, -0.05) is 89.4 Å². The van der Waals surface area contributed by atoms with Gasteiger partial charge in [-0.25, -0.2) is 0 Å². The quantitative estimate of drug-likeness (QED) is 0.552. The molecular formula is C18H28S. The van der Waals surface area contributed by atoms with Crippen molar-refractivity contribution >= 4 is 11.8 Å². The number of benzene rings is 1. The largest absolute Gasteiger partial charge is 0.152 e. The normalized spacial score (nSPS) is 9.37. The molecule has 0 aliphatic rings. The molecule has 0 aromatic heterocycles. The van der Waals surface area contributed by atoms with Crippen LogP contribution in [0.15, 0.2) is 67.3 Å². The van der Waals surface area contributed by atoms with Crippen LogP contribution in [0, 0.1) is 0 Å². The minimum Gasteiger partial charge on any atom is -0.152 e. The van der Waals surface area contributed by atoms with E-state index < -0.39 is 0 Å². The van der Waals surface area contributed by atoms with Crippen LogP contribution in [0.2, 0.25) is 0 Å². The first-order valence-electron chi connectivity index (χ1n) is 6.92. The van der Waals surface area contributed by atoms with E-state index in [4.69, 9.17) is 0 Å². The molecule has 1 rings (SSSR count). The average Bonchev–Trinajstić information content (AvgIpc) is 2.51. The number of rotatable bonds is 6. The van der Waals surface area contributed by atoms with Crippen molar-refractivity contribution in [2.24, 2.45) is 0 Å². The van der Waals surface area contributed by atoms with Crippen molar-refractivity contribution < 1.29 is 0 Å². The molecule has 1 aromatic rings. The summed E-state index contributed by atoms with van der Waals surface area (Å²) in [5, 5.41) is 0. The molecular weight excluding hydrogens is 248 g/mol.